The molecule has 0 radical (unpaired) electrons. The van der Waals surface area contributed by atoms with Crippen LogP contribution in [0.2, 0.25) is 0 Å². The van der Waals surface area contributed by atoms with Crippen molar-refractivity contribution < 1.29 is 18.8 Å². The van der Waals surface area contributed by atoms with E-state index in [9.17, 15) is 18.8 Å². The maximum atomic E-state index is 14.4. The predicted molar refractivity (Wildman–Crippen MR) is 148 cm³/mol. The number of amides is 2. The Balaban J connectivity index is 1.45. The Morgan fingerprint density at radius 2 is 1.90 bits per heavy atom. The fourth-order valence-electron chi connectivity index (χ4n) is 5.95. The minimum Gasteiger partial charge on any atom is -0.341 e. The predicted octanol–water partition coefficient (Wildman–Crippen LogP) is 4.21. The Morgan fingerprint density at radius 3 is 2.56 bits per heavy atom. The van der Waals surface area contributed by atoms with E-state index in [1.807, 2.05) is 25.7 Å². The van der Waals surface area contributed by atoms with Gasteiger partial charge in [-0.05, 0) is 77.3 Å². The van der Waals surface area contributed by atoms with Gasteiger partial charge in [-0.25, -0.2) is 4.39 Å². The summed E-state index contributed by atoms with van der Waals surface area (Å²) in [6, 6.07) is 5.82. The first-order chi connectivity index (χ1) is 18.8. The van der Waals surface area contributed by atoms with E-state index in [1.165, 1.54) is 12.1 Å². The van der Waals surface area contributed by atoms with Crippen LogP contribution < -0.4 is 5.32 Å². The van der Waals surface area contributed by atoms with Crippen LogP contribution in [0.25, 0.3) is 16.6 Å². The number of aromatic nitrogens is 2. The van der Waals surface area contributed by atoms with Gasteiger partial charge in [0.05, 0.1) is 29.0 Å². The average molecular weight is 534 g/mol. The number of rotatable bonds is 7. The summed E-state index contributed by atoms with van der Waals surface area (Å²) in [5.41, 5.74) is 1.96. The lowest BCUT2D eigenvalue weighted by Crippen LogP contribution is -2.47. The van der Waals surface area contributed by atoms with E-state index in [4.69, 9.17) is 0 Å². The molecule has 1 atom stereocenters. The highest BCUT2D eigenvalue weighted by Crippen LogP contribution is 2.31. The van der Waals surface area contributed by atoms with Crippen molar-refractivity contribution in [1.29, 1.82) is 0 Å². The number of hydrogen-bond acceptors (Lipinski definition) is 5. The summed E-state index contributed by atoms with van der Waals surface area (Å²) in [5.74, 6) is -0.819. The van der Waals surface area contributed by atoms with Crippen LogP contribution in [0.4, 0.5) is 4.39 Å². The average Bonchev–Trinajstić information content (AvgIpc) is 3.61. The summed E-state index contributed by atoms with van der Waals surface area (Å²) in [7, 11) is 0. The molecule has 39 heavy (non-hydrogen) atoms. The van der Waals surface area contributed by atoms with E-state index in [-0.39, 0.29) is 41.2 Å². The third-order valence-corrected chi connectivity index (χ3v) is 8.08. The van der Waals surface area contributed by atoms with E-state index >= 15 is 0 Å². The van der Waals surface area contributed by atoms with Gasteiger partial charge in [0, 0.05) is 54.9 Å². The van der Waals surface area contributed by atoms with Crippen molar-refractivity contribution in [3.63, 3.8) is 0 Å². The monoisotopic (exact) mass is 533 g/mol. The molecule has 0 spiro atoms. The van der Waals surface area contributed by atoms with Crippen LogP contribution >= 0.6 is 0 Å². The zero-order valence-electron chi connectivity index (χ0n) is 22.8. The first-order valence-corrected chi connectivity index (χ1v) is 13.9. The molecule has 5 rings (SSSR count). The Kier molecular flexibility index (Phi) is 7.79. The highest BCUT2D eigenvalue weighted by Gasteiger charge is 2.33. The number of likely N-dealkylation sites (tertiary alicyclic amines) is 1. The van der Waals surface area contributed by atoms with Crippen molar-refractivity contribution in [2.45, 2.75) is 58.5 Å². The number of ketones is 1. The molecule has 1 aromatic carbocycles. The summed E-state index contributed by atoms with van der Waals surface area (Å²) in [6.07, 6.45) is 8.16. The second-order valence-corrected chi connectivity index (χ2v) is 10.8. The van der Waals surface area contributed by atoms with Crippen molar-refractivity contribution in [2.75, 3.05) is 26.2 Å². The van der Waals surface area contributed by atoms with Crippen LogP contribution in [0.15, 0.2) is 42.9 Å². The maximum absolute atomic E-state index is 14.4. The summed E-state index contributed by atoms with van der Waals surface area (Å²) in [6.45, 7) is 8.23. The fourth-order valence-corrected chi connectivity index (χ4v) is 5.95. The van der Waals surface area contributed by atoms with Crippen LogP contribution in [0.5, 0.6) is 0 Å². The number of carbonyl (C=O) groups is 3. The van der Waals surface area contributed by atoms with E-state index in [0.29, 0.717) is 49.2 Å². The van der Waals surface area contributed by atoms with E-state index in [2.05, 4.69) is 10.3 Å². The van der Waals surface area contributed by atoms with Gasteiger partial charge < -0.3 is 19.7 Å². The Morgan fingerprint density at radius 1 is 1.13 bits per heavy atom. The van der Waals surface area contributed by atoms with Gasteiger partial charge in [0.15, 0.2) is 5.78 Å². The van der Waals surface area contributed by atoms with E-state index in [1.54, 1.807) is 40.2 Å². The van der Waals surface area contributed by atoms with Crippen molar-refractivity contribution in [3.05, 3.63) is 59.8 Å². The molecule has 0 saturated carbocycles. The molecule has 9 heteroatoms. The van der Waals surface area contributed by atoms with Crippen LogP contribution in [0.1, 0.15) is 67.2 Å². The van der Waals surface area contributed by atoms with Gasteiger partial charge >= 0.3 is 0 Å². The molecule has 2 aliphatic rings. The molecule has 2 amide bonds. The topological polar surface area (TPSA) is 87.5 Å². The molecule has 0 bridgehead atoms. The van der Waals surface area contributed by atoms with E-state index < -0.39 is 5.82 Å². The lowest BCUT2D eigenvalue weighted by molar-refractivity contribution is -0.134. The van der Waals surface area contributed by atoms with Crippen molar-refractivity contribution in [2.24, 2.45) is 5.92 Å². The van der Waals surface area contributed by atoms with Gasteiger partial charge in [0.2, 0.25) is 5.91 Å². The normalized spacial score (nSPS) is 18.2. The molecule has 2 fully saturated rings. The molecule has 8 nitrogen and oxygen atoms in total. The molecular formula is C30H36FN5O3. The molecule has 2 saturated heterocycles. The molecule has 206 valence electrons. The molecule has 3 aromatic rings. The third-order valence-electron chi connectivity index (χ3n) is 8.08. The Labute approximate surface area is 228 Å². The van der Waals surface area contributed by atoms with Crippen molar-refractivity contribution >= 4 is 28.5 Å². The zero-order valence-corrected chi connectivity index (χ0v) is 22.8. The number of halogens is 1. The zero-order chi connectivity index (χ0) is 27.7. The number of nitrogens with zero attached hydrogens (tertiary/aromatic N) is 4. The van der Waals surface area contributed by atoms with Gasteiger partial charge in [-0.3, -0.25) is 19.4 Å². The number of pyridine rings is 1. The molecule has 4 heterocycles. The number of fused-ring (bicyclic) bond motifs is 1. The SMILES string of the molecule is CCN(C(=O)c1cc(F)ccc1-n1cc(C(=O)C2CCN(C(=O)C3CCCN3)CC2)c2ccncc21)C(C)C. The van der Waals surface area contributed by atoms with E-state index in [0.717, 1.165) is 24.8 Å². The lowest BCUT2D eigenvalue weighted by atomic mass is 9.88. The fraction of sp³-hybridized carbons (Fsp3) is 0.467. The number of Topliss-reactive ketones (excluding diaryl/α,β-unsaturated/α-hetero) is 1. The molecular weight excluding hydrogens is 497 g/mol. The van der Waals surface area contributed by atoms with Gasteiger partial charge in [0.25, 0.3) is 5.91 Å². The third kappa shape index (κ3) is 5.20. The quantitative estimate of drug-likeness (QED) is 0.460. The summed E-state index contributed by atoms with van der Waals surface area (Å²) in [4.78, 5) is 48.0. The number of nitrogens with one attached hydrogen (secondary N) is 1. The summed E-state index contributed by atoms with van der Waals surface area (Å²) in [5, 5.41) is 4.01. The van der Waals surface area contributed by atoms with Crippen LogP contribution in [-0.2, 0) is 4.79 Å². The molecule has 0 aliphatic carbocycles. The molecule has 1 N–H and O–H groups in total. The largest absolute Gasteiger partial charge is 0.341 e. The Hall–Kier alpha value is -3.59. The van der Waals surface area contributed by atoms with Crippen LogP contribution in [0.3, 0.4) is 0 Å². The summed E-state index contributed by atoms with van der Waals surface area (Å²) >= 11 is 0. The van der Waals surface area contributed by atoms with Gasteiger partial charge in [-0.1, -0.05) is 0 Å². The van der Waals surface area contributed by atoms with Gasteiger partial charge in [0.1, 0.15) is 5.82 Å². The highest BCUT2D eigenvalue weighted by molar-refractivity contribution is 6.10. The number of carbonyl (C=O) groups excluding carboxylic acids is 3. The molecule has 2 aromatic heterocycles. The first-order valence-electron chi connectivity index (χ1n) is 13.9. The number of hydrogen-bond donors (Lipinski definition) is 1. The minimum absolute atomic E-state index is 0.0170. The van der Waals surface area contributed by atoms with Crippen molar-refractivity contribution in [1.82, 2.24) is 24.7 Å². The van der Waals surface area contributed by atoms with Crippen LogP contribution in [0, 0.1) is 11.7 Å². The number of benzene rings is 1. The molecule has 1 unspecified atom stereocenters. The minimum atomic E-state index is -0.498. The molecule has 2 aliphatic heterocycles. The standard InChI is InChI=1S/C30H36FN5O3/c1-4-35(19(2)3)29(38)23-16-21(31)7-8-26(23)36-18-24(22-9-13-32-17-27(22)36)28(37)20-10-14-34(15-11-20)30(39)25-6-5-12-33-25/h7-9,13,16-20,25,33H,4-6,10-12,14-15H2,1-3H3. The maximum Gasteiger partial charge on any atom is 0.256 e. The summed E-state index contributed by atoms with van der Waals surface area (Å²) < 4.78 is 16.2. The lowest BCUT2D eigenvalue weighted by Gasteiger charge is -2.33. The smallest absolute Gasteiger partial charge is 0.256 e. The Bertz CT molecular complexity index is 1390. The first kappa shape index (κ1) is 27.0. The van der Waals surface area contributed by atoms with Gasteiger partial charge in [-0.2, -0.15) is 0 Å². The second kappa shape index (κ2) is 11.3. The highest BCUT2D eigenvalue weighted by atomic mass is 19.1. The van der Waals surface area contributed by atoms with Crippen LogP contribution in [-0.4, -0.2) is 75.2 Å². The number of piperidine rings is 1. The second-order valence-electron chi connectivity index (χ2n) is 10.8. The van der Waals surface area contributed by atoms with Crippen molar-refractivity contribution in [3.8, 4) is 5.69 Å². The van der Waals surface area contributed by atoms with Gasteiger partial charge in [-0.15, -0.1) is 0 Å².